The summed E-state index contributed by atoms with van der Waals surface area (Å²) in [5.74, 6) is -1.13. The van der Waals surface area contributed by atoms with Gasteiger partial charge in [-0.05, 0) is 38.4 Å². The number of nitrogens with one attached hydrogen (secondary N) is 1. The van der Waals surface area contributed by atoms with Crippen molar-refractivity contribution in [3.05, 3.63) is 34.9 Å². The Bertz CT molecular complexity index is 401. The lowest BCUT2D eigenvalue weighted by Gasteiger charge is -2.25. The summed E-state index contributed by atoms with van der Waals surface area (Å²) in [6, 6.07) is 6.04. The fourth-order valence-corrected chi connectivity index (χ4v) is 2.22. The molecular weight excluding hydrogens is 214 g/mol. The second kappa shape index (κ2) is 5.82. The molecule has 0 saturated heterocycles. The molecule has 94 valence electrons. The first-order valence-corrected chi connectivity index (χ1v) is 5.98. The third-order valence-electron chi connectivity index (χ3n) is 3.24. The van der Waals surface area contributed by atoms with E-state index in [1.54, 1.807) is 0 Å². The molecule has 3 heteroatoms. The highest BCUT2D eigenvalue weighted by atomic mass is 16.4. The monoisotopic (exact) mass is 235 g/mol. The number of carbonyl (C=O) groups is 1. The van der Waals surface area contributed by atoms with Gasteiger partial charge in [0.05, 0.1) is 5.92 Å². The van der Waals surface area contributed by atoms with Crippen LogP contribution in [0.3, 0.4) is 0 Å². The van der Waals surface area contributed by atoms with Gasteiger partial charge in [-0.3, -0.25) is 4.79 Å². The number of carboxylic acids is 1. The molecule has 0 fully saturated rings. The van der Waals surface area contributed by atoms with Crippen LogP contribution >= 0.6 is 0 Å². The number of aliphatic carboxylic acids is 1. The maximum absolute atomic E-state index is 11.3. The Hall–Kier alpha value is -1.35. The van der Waals surface area contributed by atoms with E-state index in [0.29, 0.717) is 6.42 Å². The van der Waals surface area contributed by atoms with E-state index in [1.165, 1.54) is 0 Å². The second-order valence-corrected chi connectivity index (χ2v) is 4.48. The predicted octanol–water partition coefficient (Wildman–Crippen LogP) is 2.67. The SMILES string of the molecule is CCC(C(=O)O)C(NC)c1cc(C)ccc1C. The maximum atomic E-state index is 11.3. The first-order chi connectivity index (χ1) is 8.01. The minimum Gasteiger partial charge on any atom is -0.481 e. The van der Waals surface area contributed by atoms with Crippen LogP contribution < -0.4 is 5.32 Å². The van der Waals surface area contributed by atoms with Crippen LogP contribution in [0.25, 0.3) is 0 Å². The van der Waals surface area contributed by atoms with Crippen molar-refractivity contribution in [2.75, 3.05) is 7.05 Å². The van der Waals surface area contributed by atoms with E-state index in [4.69, 9.17) is 0 Å². The van der Waals surface area contributed by atoms with E-state index in [-0.39, 0.29) is 12.0 Å². The second-order valence-electron chi connectivity index (χ2n) is 4.48. The first-order valence-electron chi connectivity index (χ1n) is 5.98. The predicted molar refractivity (Wildman–Crippen MR) is 69.1 cm³/mol. The van der Waals surface area contributed by atoms with Gasteiger partial charge in [-0.2, -0.15) is 0 Å². The molecule has 17 heavy (non-hydrogen) atoms. The zero-order valence-corrected chi connectivity index (χ0v) is 10.9. The fraction of sp³-hybridized carbons (Fsp3) is 0.500. The lowest BCUT2D eigenvalue weighted by atomic mass is 9.88. The topological polar surface area (TPSA) is 49.3 Å². The Kier molecular flexibility index (Phi) is 4.70. The molecule has 2 atom stereocenters. The van der Waals surface area contributed by atoms with Gasteiger partial charge in [0.1, 0.15) is 0 Å². The molecular formula is C14H21NO2. The van der Waals surface area contributed by atoms with Crippen molar-refractivity contribution in [2.24, 2.45) is 5.92 Å². The molecule has 1 rings (SSSR count). The molecule has 0 aliphatic heterocycles. The number of hydrogen-bond donors (Lipinski definition) is 2. The van der Waals surface area contributed by atoms with Crippen LogP contribution in [-0.2, 0) is 4.79 Å². The zero-order valence-electron chi connectivity index (χ0n) is 10.9. The van der Waals surface area contributed by atoms with Crippen molar-refractivity contribution in [3.63, 3.8) is 0 Å². The zero-order chi connectivity index (χ0) is 13.0. The van der Waals surface area contributed by atoms with Gasteiger partial charge in [-0.1, -0.05) is 30.7 Å². The van der Waals surface area contributed by atoms with Gasteiger partial charge in [0.15, 0.2) is 0 Å². The van der Waals surface area contributed by atoms with Gasteiger partial charge in [-0.25, -0.2) is 0 Å². The Balaban J connectivity index is 3.16. The maximum Gasteiger partial charge on any atom is 0.308 e. The highest BCUT2D eigenvalue weighted by Gasteiger charge is 2.27. The van der Waals surface area contributed by atoms with E-state index in [1.807, 2.05) is 40.0 Å². The van der Waals surface area contributed by atoms with Crippen molar-refractivity contribution in [1.82, 2.24) is 5.32 Å². The molecule has 2 unspecified atom stereocenters. The third-order valence-corrected chi connectivity index (χ3v) is 3.24. The molecule has 0 spiro atoms. The lowest BCUT2D eigenvalue weighted by Crippen LogP contribution is -2.31. The van der Waals surface area contributed by atoms with Gasteiger partial charge in [0.2, 0.25) is 0 Å². The summed E-state index contributed by atoms with van der Waals surface area (Å²) in [5, 5.41) is 12.4. The largest absolute Gasteiger partial charge is 0.481 e. The molecule has 1 aromatic carbocycles. The number of rotatable bonds is 5. The van der Waals surface area contributed by atoms with Crippen LogP contribution in [0.2, 0.25) is 0 Å². The average molecular weight is 235 g/mol. The lowest BCUT2D eigenvalue weighted by molar-refractivity contribution is -0.143. The van der Waals surface area contributed by atoms with Crippen LogP contribution in [0.5, 0.6) is 0 Å². The van der Waals surface area contributed by atoms with Crippen molar-refractivity contribution in [1.29, 1.82) is 0 Å². The van der Waals surface area contributed by atoms with Crippen LogP contribution in [0.15, 0.2) is 18.2 Å². The summed E-state index contributed by atoms with van der Waals surface area (Å²) in [5.41, 5.74) is 3.38. The summed E-state index contributed by atoms with van der Waals surface area (Å²) < 4.78 is 0. The Morgan fingerprint density at radius 2 is 2.06 bits per heavy atom. The quantitative estimate of drug-likeness (QED) is 0.825. The van der Waals surface area contributed by atoms with Crippen LogP contribution in [0.1, 0.15) is 36.1 Å². The van der Waals surface area contributed by atoms with Crippen LogP contribution in [0, 0.1) is 19.8 Å². The van der Waals surface area contributed by atoms with Crippen molar-refractivity contribution < 1.29 is 9.90 Å². The van der Waals surface area contributed by atoms with Crippen LogP contribution in [0.4, 0.5) is 0 Å². The van der Waals surface area contributed by atoms with E-state index in [2.05, 4.69) is 11.4 Å². The van der Waals surface area contributed by atoms with E-state index >= 15 is 0 Å². The minimum absolute atomic E-state index is 0.127. The molecule has 0 saturated carbocycles. The number of carboxylic acid groups (broad SMARTS) is 1. The van der Waals surface area contributed by atoms with Gasteiger partial charge in [0.25, 0.3) is 0 Å². The molecule has 0 amide bonds. The van der Waals surface area contributed by atoms with E-state index < -0.39 is 5.97 Å². The van der Waals surface area contributed by atoms with Crippen molar-refractivity contribution in [2.45, 2.75) is 33.2 Å². The van der Waals surface area contributed by atoms with E-state index in [9.17, 15) is 9.90 Å². The Labute approximate surface area is 103 Å². The Morgan fingerprint density at radius 3 is 2.53 bits per heavy atom. The van der Waals surface area contributed by atoms with Gasteiger partial charge >= 0.3 is 5.97 Å². The Morgan fingerprint density at radius 1 is 1.41 bits per heavy atom. The molecule has 0 bridgehead atoms. The van der Waals surface area contributed by atoms with Gasteiger partial charge < -0.3 is 10.4 Å². The number of hydrogen-bond acceptors (Lipinski definition) is 2. The summed E-state index contributed by atoms with van der Waals surface area (Å²) >= 11 is 0. The fourth-order valence-electron chi connectivity index (χ4n) is 2.22. The smallest absolute Gasteiger partial charge is 0.308 e. The van der Waals surface area contributed by atoms with Crippen LogP contribution in [-0.4, -0.2) is 18.1 Å². The van der Waals surface area contributed by atoms with E-state index in [0.717, 1.165) is 16.7 Å². The molecule has 0 aliphatic carbocycles. The summed E-state index contributed by atoms with van der Waals surface area (Å²) in [7, 11) is 1.82. The number of aryl methyl sites for hydroxylation is 2. The number of benzene rings is 1. The molecule has 0 radical (unpaired) electrons. The molecule has 0 aromatic heterocycles. The summed E-state index contributed by atoms with van der Waals surface area (Å²) in [6.45, 7) is 5.96. The van der Waals surface area contributed by atoms with Crippen molar-refractivity contribution >= 4 is 5.97 Å². The highest BCUT2D eigenvalue weighted by Crippen LogP contribution is 2.28. The summed E-state index contributed by atoms with van der Waals surface area (Å²) in [4.78, 5) is 11.3. The normalized spacial score (nSPS) is 14.4. The minimum atomic E-state index is -0.743. The molecule has 1 aromatic rings. The third kappa shape index (κ3) is 3.07. The molecule has 2 N–H and O–H groups in total. The standard InChI is InChI=1S/C14H21NO2/c1-5-11(14(16)17)13(15-4)12-8-9(2)6-7-10(12)3/h6-8,11,13,15H,5H2,1-4H3,(H,16,17). The van der Waals surface area contributed by atoms with Gasteiger partial charge in [-0.15, -0.1) is 0 Å². The summed E-state index contributed by atoms with van der Waals surface area (Å²) in [6.07, 6.45) is 0.619. The molecule has 0 aliphatic rings. The molecule has 0 heterocycles. The molecule has 3 nitrogen and oxygen atoms in total. The van der Waals surface area contributed by atoms with Crippen molar-refractivity contribution in [3.8, 4) is 0 Å². The first kappa shape index (κ1) is 13.7. The highest BCUT2D eigenvalue weighted by molar-refractivity contribution is 5.71. The average Bonchev–Trinajstić information content (AvgIpc) is 2.28. The van der Waals surface area contributed by atoms with Gasteiger partial charge in [0, 0.05) is 6.04 Å².